The molecule has 0 saturated carbocycles. The van der Waals surface area contributed by atoms with Crippen LogP contribution in [0.25, 0.3) is 0 Å². The molecule has 1 aromatic rings. The molecule has 0 aliphatic heterocycles. The number of carbonyl (C=O) groups excluding carboxylic acids is 1. The third kappa shape index (κ3) is 3.29. The number of nitriles is 1. The van der Waals surface area contributed by atoms with E-state index in [-0.39, 0.29) is 18.9 Å². The molecule has 0 aromatic heterocycles. The lowest BCUT2D eigenvalue weighted by molar-refractivity contribution is -0.142. The van der Waals surface area contributed by atoms with Crippen molar-refractivity contribution < 1.29 is 9.53 Å². The van der Waals surface area contributed by atoms with Gasteiger partial charge in [0.25, 0.3) is 0 Å². The molecular formula is C12H13BrN2O2. The van der Waals surface area contributed by atoms with Crippen LogP contribution in [0.15, 0.2) is 16.6 Å². The summed E-state index contributed by atoms with van der Waals surface area (Å²) in [7, 11) is 0. The maximum atomic E-state index is 11.5. The lowest BCUT2D eigenvalue weighted by Crippen LogP contribution is -2.12. The number of ether oxygens (including phenoxy) is 1. The normalized spacial score (nSPS) is 9.76. The lowest BCUT2D eigenvalue weighted by atomic mass is 9.99. The predicted octanol–water partition coefficient (Wildman–Crippen LogP) is 1.89. The topological polar surface area (TPSA) is 76.1 Å². The van der Waals surface area contributed by atoms with Crippen LogP contribution in [0.1, 0.15) is 23.6 Å². The summed E-state index contributed by atoms with van der Waals surface area (Å²) in [4.78, 5) is 11.5. The zero-order valence-electron chi connectivity index (χ0n) is 9.50. The molecule has 0 aliphatic carbocycles. The van der Waals surface area contributed by atoms with Crippen molar-refractivity contribution in [2.45, 2.75) is 19.9 Å². The maximum absolute atomic E-state index is 11.5. The summed E-state index contributed by atoms with van der Waals surface area (Å²) in [5.74, 6) is -0.321. The van der Waals surface area contributed by atoms with Crippen molar-refractivity contribution in [3.05, 3.63) is 33.3 Å². The molecule has 5 heteroatoms. The number of hydrogen-bond acceptors (Lipinski definition) is 4. The van der Waals surface area contributed by atoms with Crippen LogP contribution < -0.4 is 5.73 Å². The summed E-state index contributed by atoms with van der Waals surface area (Å²) in [6.07, 6.45) is 0.122. The highest BCUT2D eigenvalue weighted by Gasteiger charge is 2.14. The van der Waals surface area contributed by atoms with E-state index in [2.05, 4.69) is 22.0 Å². The van der Waals surface area contributed by atoms with E-state index >= 15 is 0 Å². The van der Waals surface area contributed by atoms with Crippen molar-refractivity contribution in [3.8, 4) is 6.07 Å². The molecule has 0 saturated heterocycles. The Balaban J connectivity index is 3.13. The van der Waals surface area contributed by atoms with Gasteiger partial charge < -0.3 is 10.5 Å². The fraction of sp³-hybridized carbons (Fsp3) is 0.333. The molecule has 0 aliphatic rings. The third-order valence-electron chi connectivity index (χ3n) is 2.33. The molecule has 2 N–H and O–H groups in total. The van der Waals surface area contributed by atoms with Crippen molar-refractivity contribution in [2.75, 3.05) is 6.61 Å². The second-order valence-corrected chi connectivity index (χ2v) is 4.20. The van der Waals surface area contributed by atoms with E-state index in [1.54, 1.807) is 19.1 Å². The van der Waals surface area contributed by atoms with Crippen molar-refractivity contribution in [3.63, 3.8) is 0 Å². The van der Waals surface area contributed by atoms with E-state index in [9.17, 15) is 4.79 Å². The Labute approximate surface area is 108 Å². The van der Waals surface area contributed by atoms with Crippen LogP contribution in [0.2, 0.25) is 0 Å². The summed E-state index contributed by atoms with van der Waals surface area (Å²) in [5.41, 5.74) is 7.53. The van der Waals surface area contributed by atoms with Gasteiger partial charge in [-0.15, -0.1) is 0 Å². The Morgan fingerprint density at radius 3 is 2.76 bits per heavy atom. The Bertz CT molecular complexity index is 466. The van der Waals surface area contributed by atoms with Gasteiger partial charge in [-0.3, -0.25) is 4.79 Å². The SMILES string of the molecule is CCOC(=O)Cc1c(Br)ccc(C#N)c1CN. The van der Waals surface area contributed by atoms with E-state index in [4.69, 9.17) is 15.7 Å². The first-order valence-corrected chi connectivity index (χ1v) is 5.99. The highest BCUT2D eigenvalue weighted by molar-refractivity contribution is 9.10. The molecule has 0 spiro atoms. The van der Waals surface area contributed by atoms with Crippen molar-refractivity contribution in [2.24, 2.45) is 5.73 Å². The largest absolute Gasteiger partial charge is 0.466 e. The Hall–Kier alpha value is -1.38. The highest BCUT2D eigenvalue weighted by atomic mass is 79.9. The number of benzene rings is 1. The van der Waals surface area contributed by atoms with Crippen LogP contribution >= 0.6 is 15.9 Å². The molecule has 17 heavy (non-hydrogen) atoms. The Kier molecular flexibility index (Phi) is 5.13. The second kappa shape index (κ2) is 6.38. The van der Waals surface area contributed by atoms with Crippen LogP contribution in [0.3, 0.4) is 0 Å². The van der Waals surface area contributed by atoms with E-state index < -0.39 is 0 Å². The standard InChI is InChI=1S/C12H13BrN2O2/c1-2-17-12(16)5-9-10(7-15)8(6-14)3-4-11(9)13/h3-4H,2,5,7,15H2,1H3. The van der Waals surface area contributed by atoms with Gasteiger partial charge in [-0.05, 0) is 30.2 Å². The summed E-state index contributed by atoms with van der Waals surface area (Å²) < 4.78 is 5.66. The van der Waals surface area contributed by atoms with Crippen LogP contribution in [0.5, 0.6) is 0 Å². The van der Waals surface area contributed by atoms with Gasteiger partial charge in [0.05, 0.1) is 24.7 Å². The van der Waals surface area contributed by atoms with E-state index in [0.29, 0.717) is 17.7 Å². The minimum absolute atomic E-state index is 0.122. The van der Waals surface area contributed by atoms with Gasteiger partial charge in [-0.1, -0.05) is 15.9 Å². The molecule has 0 bridgehead atoms. The summed E-state index contributed by atoms with van der Waals surface area (Å²) in [6.45, 7) is 2.31. The minimum atomic E-state index is -0.321. The van der Waals surface area contributed by atoms with E-state index in [1.807, 2.05) is 0 Å². The van der Waals surface area contributed by atoms with Gasteiger partial charge >= 0.3 is 5.97 Å². The first-order valence-electron chi connectivity index (χ1n) is 5.20. The number of halogens is 1. The smallest absolute Gasteiger partial charge is 0.310 e. The van der Waals surface area contributed by atoms with Gasteiger partial charge in [-0.25, -0.2) is 0 Å². The highest BCUT2D eigenvalue weighted by Crippen LogP contribution is 2.24. The van der Waals surface area contributed by atoms with Crippen molar-refractivity contribution >= 4 is 21.9 Å². The van der Waals surface area contributed by atoms with Gasteiger partial charge in [-0.2, -0.15) is 5.26 Å². The fourth-order valence-electron chi connectivity index (χ4n) is 1.55. The molecule has 0 atom stereocenters. The number of hydrogen-bond donors (Lipinski definition) is 1. The van der Waals surface area contributed by atoms with Crippen LogP contribution in [-0.4, -0.2) is 12.6 Å². The molecule has 1 rings (SSSR count). The third-order valence-corrected chi connectivity index (χ3v) is 3.07. The van der Waals surface area contributed by atoms with Crippen LogP contribution in [0.4, 0.5) is 0 Å². The maximum Gasteiger partial charge on any atom is 0.310 e. The molecule has 4 nitrogen and oxygen atoms in total. The van der Waals surface area contributed by atoms with Crippen molar-refractivity contribution in [1.82, 2.24) is 0 Å². The zero-order chi connectivity index (χ0) is 12.8. The average Bonchev–Trinajstić information content (AvgIpc) is 2.31. The van der Waals surface area contributed by atoms with Crippen LogP contribution in [-0.2, 0) is 22.5 Å². The van der Waals surface area contributed by atoms with Crippen molar-refractivity contribution in [1.29, 1.82) is 5.26 Å². The number of carbonyl (C=O) groups is 1. The summed E-state index contributed by atoms with van der Waals surface area (Å²) in [5, 5.41) is 8.97. The van der Waals surface area contributed by atoms with Gasteiger partial charge in [0.2, 0.25) is 0 Å². The Morgan fingerprint density at radius 2 is 2.24 bits per heavy atom. The lowest BCUT2D eigenvalue weighted by Gasteiger charge is -2.11. The first kappa shape index (κ1) is 13.7. The van der Waals surface area contributed by atoms with E-state index in [0.717, 1.165) is 10.0 Å². The van der Waals surface area contributed by atoms with Gasteiger partial charge in [0, 0.05) is 11.0 Å². The monoisotopic (exact) mass is 296 g/mol. The quantitative estimate of drug-likeness (QED) is 0.861. The number of esters is 1. The summed E-state index contributed by atoms with van der Waals surface area (Å²) in [6, 6.07) is 5.49. The minimum Gasteiger partial charge on any atom is -0.466 e. The van der Waals surface area contributed by atoms with Crippen LogP contribution in [0, 0.1) is 11.3 Å². The molecule has 0 heterocycles. The molecule has 0 amide bonds. The molecule has 1 aromatic carbocycles. The fourth-order valence-corrected chi connectivity index (χ4v) is 2.06. The predicted molar refractivity (Wildman–Crippen MR) is 67.1 cm³/mol. The van der Waals surface area contributed by atoms with Gasteiger partial charge in [0.1, 0.15) is 0 Å². The number of rotatable bonds is 4. The number of nitrogens with zero attached hydrogens (tertiary/aromatic N) is 1. The molecule has 0 fully saturated rings. The molecule has 90 valence electrons. The average molecular weight is 297 g/mol. The Morgan fingerprint density at radius 1 is 1.53 bits per heavy atom. The summed E-state index contributed by atoms with van der Waals surface area (Å²) >= 11 is 3.36. The molecule has 0 unspecified atom stereocenters. The molecule has 0 radical (unpaired) electrons. The first-order chi connectivity index (χ1) is 8.13. The zero-order valence-corrected chi connectivity index (χ0v) is 11.1. The van der Waals surface area contributed by atoms with Gasteiger partial charge in [0.15, 0.2) is 0 Å². The number of nitrogens with two attached hydrogens (primary N) is 1. The molecular weight excluding hydrogens is 284 g/mol. The van der Waals surface area contributed by atoms with E-state index in [1.165, 1.54) is 0 Å². The second-order valence-electron chi connectivity index (χ2n) is 3.35.